The molecule has 1 amide bonds. The molecular weight excluding hydrogens is 793 g/mol. The van der Waals surface area contributed by atoms with Crippen LogP contribution in [-0.2, 0) is 16.3 Å². The third-order valence-corrected chi connectivity index (χ3v) is 12.4. The van der Waals surface area contributed by atoms with Crippen molar-refractivity contribution >= 4 is 74.1 Å². The Bertz CT molecular complexity index is 2270. The van der Waals surface area contributed by atoms with Crippen molar-refractivity contribution in [2.45, 2.75) is 45.3 Å². The summed E-state index contributed by atoms with van der Waals surface area (Å²) < 4.78 is 27.7. The number of aromatic nitrogens is 4. The van der Waals surface area contributed by atoms with Crippen molar-refractivity contribution in [3.05, 3.63) is 71.6 Å². The molecule has 0 saturated carbocycles. The molecule has 0 radical (unpaired) electrons. The van der Waals surface area contributed by atoms with E-state index in [1.54, 1.807) is 26.6 Å². The van der Waals surface area contributed by atoms with Crippen LogP contribution < -0.4 is 25.6 Å². The Labute approximate surface area is 337 Å². The van der Waals surface area contributed by atoms with Crippen molar-refractivity contribution in [2.24, 2.45) is 7.05 Å². The molecule has 56 heavy (non-hydrogen) atoms. The van der Waals surface area contributed by atoms with E-state index in [9.17, 15) is 9.36 Å². The van der Waals surface area contributed by atoms with E-state index in [2.05, 4.69) is 58.6 Å². The number of carbonyl (C=O) groups excluding carboxylic acids is 1. The number of piperazine rings is 1. The maximum absolute atomic E-state index is 13.6. The monoisotopic (exact) mass is 843 g/mol. The molecule has 0 bridgehead atoms. The molecule has 0 unspecified atom stereocenters. The lowest BCUT2D eigenvalue weighted by molar-refractivity contribution is 0.00901. The second-order valence-electron chi connectivity index (χ2n) is 15.9. The van der Waals surface area contributed by atoms with E-state index in [0.717, 1.165) is 77.6 Å². The number of ether oxygens (including phenoxy) is 2. The van der Waals surface area contributed by atoms with Gasteiger partial charge in [-0.25, -0.2) is 9.78 Å². The van der Waals surface area contributed by atoms with E-state index in [1.807, 2.05) is 86.2 Å². The second-order valence-corrected chi connectivity index (χ2v) is 19.9. The zero-order valence-corrected chi connectivity index (χ0v) is 35.7. The molecule has 2 aliphatic rings. The summed E-state index contributed by atoms with van der Waals surface area (Å²) in [5, 5.41) is 14.1. The number of fused-ring (bicyclic) bond motifs is 1. The van der Waals surface area contributed by atoms with Crippen molar-refractivity contribution in [1.82, 2.24) is 29.5 Å². The van der Waals surface area contributed by atoms with Gasteiger partial charge in [-0.05, 0) is 85.8 Å². The number of amides is 1. The highest BCUT2D eigenvalue weighted by Gasteiger charge is 2.32. The van der Waals surface area contributed by atoms with Gasteiger partial charge in [-0.1, -0.05) is 30.3 Å². The first-order valence-corrected chi connectivity index (χ1v) is 22.4. The van der Waals surface area contributed by atoms with Crippen LogP contribution in [0.3, 0.4) is 0 Å². The molecule has 5 aromatic rings. The zero-order chi connectivity index (χ0) is 39.8. The van der Waals surface area contributed by atoms with Gasteiger partial charge in [0.1, 0.15) is 24.3 Å². The van der Waals surface area contributed by atoms with Crippen LogP contribution in [0.1, 0.15) is 33.6 Å². The summed E-state index contributed by atoms with van der Waals surface area (Å²) in [5.74, 6) is 1.55. The summed E-state index contributed by atoms with van der Waals surface area (Å²) in [6.45, 7) is 14.1. The summed E-state index contributed by atoms with van der Waals surface area (Å²) in [5.41, 5.74) is 4.01. The first-order chi connectivity index (χ1) is 26.7. The molecule has 2 saturated heterocycles. The van der Waals surface area contributed by atoms with Crippen LogP contribution in [0.5, 0.6) is 5.75 Å². The molecule has 4 heterocycles. The Kier molecular flexibility index (Phi) is 11.4. The van der Waals surface area contributed by atoms with Crippen LogP contribution in [0.25, 0.3) is 21.9 Å². The zero-order valence-electron chi connectivity index (χ0n) is 33.2. The van der Waals surface area contributed by atoms with E-state index in [4.69, 9.17) is 14.5 Å². The maximum atomic E-state index is 13.6. The molecule has 0 spiro atoms. The predicted molar refractivity (Wildman–Crippen MR) is 229 cm³/mol. The van der Waals surface area contributed by atoms with Crippen molar-refractivity contribution in [3.63, 3.8) is 0 Å². The van der Waals surface area contributed by atoms with Gasteiger partial charge in [0, 0.05) is 92.9 Å². The predicted octanol–water partition coefficient (Wildman–Crippen LogP) is 8.06. The highest BCUT2D eigenvalue weighted by molar-refractivity contribution is 9.10. The third kappa shape index (κ3) is 8.82. The molecule has 13 nitrogen and oxygen atoms in total. The van der Waals surface area contributed by atoms with Crippen LogP contribution in [-0.4, -0.2) is 107 Å². The minimum absolute atomic E-state index is 0.230. The lowest BCUT2D eigenvalue weighted by Gasteiger charge is -2.43. The van der Waals surface area contributed by atoms with E-state index in [0.29, 0.717) is 46.8 Å². The average Bonchev–Trinajstić information content (AvgIpc) is 3.60. The number of piperidine rings is 1. The molecule has 15 heteroatoms. The van der Waals surface area contributed by atoms with Crippen LogP contribution >= 0.6 is 23.1 Å². The number of anilines is 5. The number of carbonyl (C=O) groups is 1. The van der Waals surface area contributed by atoms with Gasteiger partial charge in [-0.15, -0.1) is 0 Å². The van der Waals surface area contributed by atoms with Gasteiger partial charge in [0.15, 0.2) is 0 Å². The van der Waals surface area contributed by atoms with Crippen molar-refractivity contribution < 1.29 is 18.8 Å². The largest absolute Gasteiger partial charge is 0.494 e. The van der Waals surface area contributed by atoms with Crippen molar-refractivity contribution in [1.29, 1.82) is 0 Å². The van der Waals surface area contributed by atoms with E-state index in [-0.39, 0.29) is 6.09 Å². The highest BCUT2D eigenvalue weighted by atomic mass is 79.9. The van der Waals surface area contributed by atoms with Gasteiger partial charge in [0.05, 0.1) is 29.2 Å². The number of rotatable bonds is 9. The molecule has 0 atom stereocenters. The standard InChI is InChI=1S/C41H51BrN9O4P/c1-41(2,3)55-40(52)51-20-18-49(19-21-51)29-14-16-50(17-15-29)35-23-36(54-5)34(22-31(35)28-24-44-48(4)26-28)46-39-43-25-32(42)38(47-39)45-33-13-12-27-10-8-9-11-30(27)37(33)56(6,7)53/h8-13,22-26,29H,14-21H2,1-7H3,(H2,43,45,46,47). The van der Waals surface area contributed by atoms with Gasteiger partial charge >= 0.3 is 6.09 Å². The number of methoxy groups -OCH3 is 1. The molecule has 296 valence electrons. The van der Waals surface area contributed by atoms with Crippen LogP contribution in [0.4, 0.5) is 33.6 Å². The molecule has 3 aromatic carbocycles. The van der Waals surface area contributed by atoms with E-state index >= 15 is 0 Å². The fraction of sp³-hybridized carbons (Fsp3) is 0.415. The Morgan fingerprint density at radius 2 is 1.68 bits per heavy atom. The van der Waals surface area contributed by atoms with E-state index in [1.165, 1.54) is 0 Å². The van der Waals surface area contributed by atoms with Gasteiger partial charge in [0.2, 0.25) is 5.95 Å². The topological polar surface area (TPSA) is 130 Å². The maximum Gasteiger partial charge on any atom is 0.410 e. The molecule has 2 aliphatic heterocycles. The number of nitrogens with zero attached hydrogens (tertiary/aromatic N) is 7. The quantitative estimate of drug-likeness (QED) is 0.140. The van der Waals surface area contributed by atoms with Crippen molar-refractivity contribution in [3.8, 4) is 16.9 Å². The summed E-state index contributed by atoms with van der Waals surface area (Å²) in [7, 11) is 0.899. The molecule has 7 rings (SSSR count). The Morgan fingerprint density at radius 1 is 0.946 bits per heavy atom. The lowest BCUT2D eigenvalue weighted by atomic mass is 9.98. The molecule has 0 aliphatic carbocycles. The fourth-order valence-corrected chi connectivity index (χ4v) is 9.44. The normalized spacial score (nSPS) is 15.9. The highest BCUT2D eigenvalue weighted by Crippen LogP contribution is 2.43. The van der Waals surface area contributed by atoms with Crippen LogP contribution in [0, 0.1) is 0 Å². The molecule has 2 aromatic heterocycles. The van der Waals surface area contributed by atoms with Gasteiger partial charge in [0.25, 0.3) is 0 Å². The molecular formula is C41H51BrN9O4P. The Morgan fingerprint density at radius 3 is 2.34 bits per heavy atom. The number of halogens is 1. The summed E-state index contributed by atoms with van der Waals surface area (Å²) >= 11 is 3.62. The van der Waals surface area contributed by atoms with Gasteiger partial charge < -0.3 is 34.5 Å². The number of benzene rings is 3. The number of aryl methyl sites for hydroxylation is 1. The molecule has 2 N–H and O–H groups in total. The van der Waals surface area contributed by atoms with Crippen LogP contribution in [0.2, 0.25) is 0 Å². The first-order valence-electron chi connectivity index (χ1n) is 19.0. The van der Waals surface area contributed by atoms with Gasteiger partial charge in [-0.3, -0.25) is 9.58 Å². The minimum Gasteiger partial charge on any atom is -0.494 e. The summed E-state index contributed by atoms with van der Waals surface area (Å²) in [6.07, 6.45) is 7.38. The van der Waals surface area contributed by atoms with E-state index < -0.39 is 12.7 Å². The summed E-state index contributed by atoms with van der Waals surface area (Å²) in [4.78, 5) is 28.9. The third-order valence-electron chi connectivity index (χ3n) is 10.3. The first kappa shape index (κ1) is 39.6. The lowest BCUT2D eigenvalue weighted by Crippen LogP contribution is -2.55. The number of nitrogens with one attached hydrogen (secondary N) is 2. The van der Waals surface area contributed by atoms with Crippen LogP contribution in [0.15, 0.2) is 71.6 Å². The summed E-state index contributed by atoms with van der Waals surface area (Å²) in [6, 6.07) is 16.6. The van der Waals surface area contributed by atoms with Gasteiger partial charge in [-0.2, -0.15) is 10.1 Å². The number of hydrogen-bond acceptors (Lipinski definition) is 11. The second kappa shape index (κ2) is 16.1. The minimum atomic E-state index is -2.69. The average molecular weight is 845 g/mol. The smallest absolute Gasteiger partial charge is 0.410 e. The number of hydrogen-bond donors (Lipinski definition) is 2. The molecule has 2 fully saturated rings. The SMILES string of the molecule is COc1cc(N2CCC(N3CCN(C(=O)OC(C)(C)C)CC3)CC2)c(-c2cnn(C)c2)cc1Nc1ncc(Br)c(Nc2ccc3ccccc3c2P(C)(C)=O)n1. The Balaban J connectivity index is 1.11. The van der Waals surface area contributed by atoms with Crippen molar-refractivity contribution in [2.75, 3.05) is 75.2 Å². The fourth-order valence-electron chi connectivity index (χ4n) is 7.66. The Hall–Kier alpha value is -4.65.